The van der Waals surface area contributed by atoms with E-state index in [1.165, 1.54) is 5.56 Å². The van der Waals surface area contributed by atoms with Gasteiger partial charge in [-0.25, -0.2) is 4.98 Å². The Bertz CT molecular complexity index is 735. The monoisotopic (exact) mass is 286 g/mol. The molecule has 20 heavy (non-hydrogen) atoms. The third-order valence-electron chi connectivity index (χ3n) is 3.30. The summed E-state index contributed by atoms with van der Waals surface area (Å²) in [6, 6.07) is 15.7. The second-order valence-corrected chi connectivity index (χ2v) is 5.29. The number of fused-ring (bicyclic) bond motifs is 1. The maximum absolute atomic E-state index is 9.94. The molecular weight excluding hydrogens is 272 g/mol. The first kappa shape index (κ1) is 13.2. The Kier molecular flexibility index (Phi) is 3.47. The maximum atomic E-state index is 9.94. The van der Waals surface area contributed by atoms with Crippen molar-refractivity contribution in [2.45, 2.75) is 19.6 Å². The summed E-state index contributed by atoms with van der Waals surface area (Å²) < 4.78 is 2.03. The van der Waals surface area contributed by atoms with Gasteiger partial charge in [0.15, 0.2) is 0 Å². The van der Waals surface area contributed by atoms with Crippen molar-refractivity contribution in [3.8, 4) is 0 Å². The fourth-order valence-electron chi connectivity index (χ4n) is 2.37. The van der Waals surface area contributed by atoms with Gasteiger partial charge in [0.1, 0.15) is 11.9 Å². The molecule has 0 aliphatic heterocycles. The van der Waals surface area contributed by atoms with Gasteiger partial charge in [0, 0.05) is 11.6 Å². The van der Waals surface area contributed by atoms with Crippen molar-refractivity contribution in [3.63, 3.8) is 0 Å². The van der Waals surface area contributed by atoms with Gasteiger partial charge >= 0.3 is 0 Å². The molecule has 0 amide bonds. The van der Waals surface area contributed by atoms with E-state index in [0.717, 1.165) is 11.0 Å². The lowest BCUT2D eigenvalue weighted by molar-refractivity contribution is 0.185. The molecule has 102 valence electrons. The standard InChI is InChI=1S/C16H15ClN2O/c1-11(20)16-18-14-9-13(17)7-8-15(14)19(16)10-12-5-3-2-4-6-12/h2-9,11,20H,10H2,1H3. The number of benzene rings is 2. The van der Waals surface area contributed by atoms with Crippen LogP contribution in [0.1, 0.15) is 24.4 Å². The predicted molar refractivity (Wildman–Crippen MR) is 80.9 cm³/mol. The van der Waals surface area contributed by atoms with Crippen LogP contribution >= 0.6 is 11.6 Å². The van der Waals surface area contributed by atoms with Crippen LogP contribution in [0.25, 0.3) is 11.0 Å². The van der Waals surface area contributed by atoms with E-state index in [4.69, 9.17) is 11.6 Å². The van der Waals surface area contributed by atoms with E-state index in [9.17, 15) is 5.11 Å². The van der Waals surface area contributed by atoms with E-state index in [1.54, 1.807) is 6.92 Å². The number of halogens is 1. The molecule has 0 aliphatic carbocycles. The first-order chi connectivity index (χ1) is 9.65. The third kappa shape index (κ3) is 2.42. The number of aromatic nitrogens is 2. The number of hydrogen-bond donors (Lipinski definition) is 1. The Morgan fingerprint density at radius 2 is 1.95 bits per heavy atom. The molecule has 0 bridgehead atoms. The van der Waals surface area contributed by atoms with Crippen LogP contribution in [-0.4, -0.2) is 14.7 Å². The van der Waals surface area contributed by atoms with E-state index in [1.807, 2.05) is 41.0 Å². The van der Waals surface area contributed by atoms with Crippen molar-refractivity contribution in [1.82, 2.24) is 9.55 Å². The molecule has 0 aliphatic rings. The van der Waals surface area contributed by atoms with Gasteiger partial charge in [-0.05, 0) is 30.7 Å². The molecule has 1 atom stereocenters. The maximum Gasteiger partial charge on any atom is 0.138 e. The second kappa shape index (κ2) is 5.27. The van der Waals surface area contributed by atoms with Gasteiger partial charge in [0.05, 0.1) is 11.0 Å². The molecule has 0 fully saturated rings. The Labute approximate surface area is 122 Å². The fraction of sp³-hybridized carbons (Fsp3) is 0.188. The zero-order valence-electron chi connectivity index (χ0n) is 11.1. The first-order valence-electron chi connectivity index (χ1n) is 6.53. The molecular formula is C16H15ClN2O. The summed E-state index contributed by atoms with van der Waals surface area (Å²) in [6.45, 7) is 2.41. The Hall–Kier alpha value is -1.84. The van der Waals surface area contributed by atoms with E-state index in [-0.39, 0.29) is 0 Å². The average Bonchev–Trinajstić information content (AvgIpc) is 2.78. The van der Waals surface area contributed by atoms with Crippen molar-refractivity contribution in [1.29, 1.82) is 0 Å². The van der Waals surface area contributed by atoms with Gasteiger partial charge in [-0.3, -0.25) is 0 Å². The number of hydrogen-bond acceptors (Lipinski definition) is 2. The van der Waals surface area contributed by atoms with E-state index in [0.29, 0.717) is 17.4 Å². The SMILES string of the molecule is CC(O)c1nc2cc(Cl)ccc2n1Cc1ccccc1. The molecule has 0 saturated heterocycles. The number of rotatable bonds is 3. The molecule has 4 heteroatoms. The quantitative estimate of drug-likeness (QED) is 0.795. The van der Waals surface area contributed by atoms with Gasteiger partial charge in [-0.1, -0.05) is 41.9 Å². The van der Waals surface area contributed by atoms with Gasteiger partial charge in [0.2, 0.25) is 0 Å². The topological polar surface area (TPSA) is 38.1 Å². The molecule has 1 unspecified atom stereocenters. The highest BCUT2D eigenvalue weighted by Crippen LogP contribution is 2.24. The largest absolute Gasteiger partial charge is 0.385 e. The van der Waals surface area contributed by atoms with Crippen LogP contribution in [0.15, 0.2) is 48.5 Å². The van der Waals surface area contributed by atoms with Gasteiger partial charge < -0.3 is 9.67 Å². The molecule has 1 aromatic heterocycles. The minimum atomic E-state index is -0.620. The highest BCUT2D eigenvalue weighted by molar-refractivity contribution is 6.31. The Balaban J connectivity index is 2.14. The van der Waals surface area contributed by atoms with Crippen molar-refractivity contribution >= 4 is 22.6 Å². The summed E-state index contributed by atoms with van der Waals surface area (Å²) in [5, 5.41) is 10.6. The van der Waals surface area contributed by atoms with Crippen LogP contribution in [-0.2, 0) is 6.54 Å². The van der Waals surface area contributed by atoms with Crippen molar-refractivity contribution in [3.05, 3.63) is 64.9 Å². The van der Waals surface area contributed by atoms with Gasteiger partial charge in [0.25, 0.3) is 0 Å². The minimum absolute atomic E-state index is 0.620. The van der Waals surface area contributed by atoms with Gasteiger partial charge in [-0.15, -0.1) is 0 Å². The van der Waals surface area contributed by atoms with Crippen LogP contribution < -0.4 is 0 Å². The van der Waals surface area contributed by atoms with Crippen LogP contribution in [0.4, 0.5) is 0 Å². The van der Waals surface area contributed by atoms with Crippen molar-refractivity contribution in [2.75, 3.05) is 0 Å². The second-order valence-electron chi connectivity index (χ2n) is 4.85. The first-order valence-corrected chi connectivity index (χ1v) is 6.90. The molecule has 0 saturated carbocycles. The Morgan fingerprint density at radius 3 is 2.65 bits per heavy atom. The summed E-state index contributed by atoms with van der Waals surface area (Å²) >= 11 is 6.01. The highest BCUT2D eigenvalue weighted by Gasteiger charge is 2.15. The number of imidazole rings is 1. The lowest BCUT2D eigenvalue weighted by atomic mass is 10.2. The van der Waals surface area contributed by atoms with E-state index in [2.05, 4.69) is 17.1 Å². The van der Waals surface area contributed by atoms with E-state index >= 15 is 0 Å². The molecule has 2 aromatic carbocycles. The normalized spacial score (nSPS) is 12.8. The number of nitrogens with zero attached hydrogens (tertiary/aromatic N) is 2. The van der Waals surface area contributed by atoms with Crippen molar-refractivity contribution in [2.24, 2.45) is 0 Å². The summed E-state index contributed by atoms with van der Waals surface area (Å²) in [7, 11) is 0. The number of aliphatic hydroxyl groups is 1. The molecule has 3 nitrogen and oxygen atoms in total. The average molecular weight is 287 g/mol. The summed E-state index contributed by atoms with van der Waals surface area (Å²) in [5.74, 6) is 0.658. The summed E-state index contributed by atoms with van der Waals surface area (Å²) in [6.07, 6.45) is -0.620. The summed E-state index contributed by atoms with van der Waals surface area (Å²) in [5.41, 5.74) is 2.96. The van der Waals surface area contributed by atoms with Crippen molar-refractivity contribution < 1.29 is 5.11 Å². The predicted octanol–water partition coefficient (Wildman–Crippen LogP) is 3.79. The minimum Gasteiger partial charge on any atom is -0.385 e. The van der Waals surface area contributed by atoms with Crippen LogP contribution in [0.5, 0.6) is 0 Å². The molecule has 3 rings (SSSR count). The van der Waals surface area contributed by atoms with Gasteiger partial charge in [-0.2, -0.15) is 0 Å². The lowest BCUT2D eigenvalue weighted by Gasteiger charge is -2.11. The summed E-state index contributed by atoms with van der Waals surface area (Å²) in [4.78, 5) is 4.50. The third-order valence-corrected chi connectivity index (χ3v) is 3.53. The number of aliphatic hydroxyl groups excluding tert-OH is 1. The molecule has 3 aromatic rings. The molecule has 1 N–H and O–H groups in total. The smallest absolute Gasteiger partial charge is 0.138 e. The fourth-order valence-corrected chi connectivity index (χ4v) is 2.54. The highest BCUT2D eigenvalue weighted by atomic mass is 35.5. The Morgan fingerprint density at radius 1 is 1.20 bits per heavy atom. The van der Waals surface area contributed by atoms with Crippen LogP contribution in [0.2, 0.25) is 5.02 Å². The zero-order valence-corrected chi connectivity index (χ0v) is 11.9. The van der Waals surface area contributed by atoms with E-state index < -0.39 is 6.10 Å². The molecule has 0 spiro atoms. The van der Waals surface area contributed by atoms with Crippen LogP contribution in [0, 0.1) is 0 Å². The zero-order chi connectivity index (χ0) is 14.1. The van der Waals surface area contributed by atoms with Crippen LogP contribution in [0.3, 0.4) is 0 Å². The molecule has 1 heterocycles. The molecule has 0 radical (unpaired) electrons. The lowest BCUT2D eigenvalue weighted by Crippen LogP contribution is -2.07.